The van der Waals surface area contributed by atoms with Gasteiger partial charge in [0, 0.05) is 0 Å². The zero-order valence-electron chi connectivity index (χ0n) is 18.9. The van der Waals surface area contributed by atoms with Gasteiger partial charge >= 0.3 is 11.9 Å². The summed E-state index contributed by atoms with van der Waals surface area (Å²) in [6, 6.07) is 5.76. The number of hydrogen-bond acceptors (Lipinski definition) is 2. The molecule has 0 bridgehead atoms. The number of aryl methyl sites for hydroxylation is 1. The van der Waals surface area contributed by atoms with Crippen molar-refractivity contribution in [1.82, 2.24) is 0 Å². The SMILES string of the molecule is CCCCCc1cccc(C(CCC(C)C)C(=O)O)c1C(CCC(C)C)C(=O)O. The second kappa shape index (κ2) is 12.7. The third kappa shape index (κ3) is 8.20. The summed E-state index contributed by atoms with van der Waals surface area (Å²) in [7, 11) is 0. The van der Waals surface area contributed by atoms with Gasteiger partial charge in [0.1, 0.15) is 0 Å². The van der Waals surface area contributed by atoms with Crippen LogP contribution in [-0.2, 0) is 16.0 Å². The number of carbonyl (C=O) groups is 2. The molecule has 1 aromatic rings. The normalized spacial score (nSPS) is 13.6. The van der Waals surface area contributed by atoms with Crippen LogP contribution in [0.25, 0.3) is 0 Å². The molecule has 0 spiro atoms. The molecule has 0 aliphatic heterocycles. The minimum absolute atomic E-state index is 0.406. The summed E-state index contributed by atoms with van der Waals surface area (Å²) in [6.07, 6.45) is 6.67. The Labute approximate surface area is 176 Å². The number of unbranched alkanes of at least 4 members (excludes halogenated alkanes) is 2. The monoisotopic (exact) mass is 404 g/mol. The van der Waals surface area contributed by atoms with Crippen molar-refractivity contribution in [3.05, 3.63) is 34.9 Å². The predicted octanol–water partition coefficient (Wildman–Crippen LogP) is 6.63. The Morgan fingerprint density at radius 3 is 1.86 bits per heavy atom. The lowest BCUT2D eigenvalue weighted by molar-refractivity contribution is -0.140. The smallest absolute Gasteiger partial charge is 0.310 e. The van der Waals surface area contributed by atoms with Crippen molar-refractivity contribution in [2.24, 2.45) is 11.8 Å². The van der Waals surface area contributed by atoms with Crippen LogP contribution in [0.15, 0.2) is 18.2 Å². The van der Waals surface area contributed by atoms with Gasteiger partial charge in [-0.1, -0.05) is 65.7 Å². The van der Waals surface area contributed by atoms with Crippen molar-refractivity contribution in [2.75, 3.05) is 0 Å². The fraction of sp³-hybridized carbons (Fsp3) is 0.680. The highest BCUT2D eigenvalue weighted by atomic mass is 16.4. The molecule has 1 rings (SSSR count). The van der Waals surface area contributed by atoms with Crippen molar-refractivity contribution < 1.29 is 19.8 Å². The van der Waals surface area contributed by atoms with Gasteiger partial charge in [-0.2, -0.15) is 0 Å². The molecule has 0 aliphatic rings. The zero-order valence-corrected chi connectivity index (χ0v) is 18.9. The number of rotatable bonds is 14. The van der Waals surface area contributed by atoms with Crippen LogP contribution in [0.3, 0.4) is 0 Å². The molecule has 0 radical (unpaired) electrons. The van der Waals surface area contributed by atoms with Crippen LogP contribution in [0.1, 0.15) is 108 Å². The standard InChI is InChI=1S/C25H40O4/c1-6-7-8-10-19-11-9-12-20(21(24(26)27)15-13-17(2)3)23(19)22(25(28)29)16-14-18(4)5/h9,11-12,17-18,21-22H,6-8,10,13-16H2,1-5H3,(H,26,27)(H,28,29). The van der Waals surface area contributed by atoms with Crippen LogP contribution >= 0.6 is 0 Å². The molecular formula is C25H40O4. The number of hydrogen-bond donors (Lipinski definition) is 2. The molecule has 0 saturated carbocycles. The number of carboxylic acid groups (broad SMARTS) is 2. The molecule has 0 fully saturated rings. The Morgan fingerprint density at radius 2 is 1.38 bits per heavy atom. The lowest BCUT2D eigenvalue weighted by atomic mass is 9.78. The van der Waals surface area contributed by atoms with Crippen LogP contribution in [0.5, 0.6) is 0 Å². The molecule has 29 heavy (non-hydrogen) atoms. The van der Waals surface area contributed by atoms with Gasteiger partial charge in [0.2, 0.25) is 0 Å². The van der Waals surface area contributed by atoms with E-state index in [0.717, 1.165) is 49.7 Å². The van der Waals surface area contributed by atoms with E-state index in [9.17, 15) is 19.8 Å². The van der Waals surface area contributed by atoms with Gasteiger partial charge in [-0.15, -0.1) is 0 Å². The summed E-state index contributed by atoms with van der Waals surface area (Å²) in [6.45, 7) is 10.5. The second-order valence-electron chi connectivity index (χ2n) is 9.10. The van der Waals surface area contributed by atoms with E-state index in [1.165, 1.54) is 0 Å². The van der Waals surface area contributed by atoms with Crippen molar-refractivity contribution >= 4 is 11.9 Å². The molecule has 0 saturated heterocycles. The minimum atomic E-state index is -0.856. The van der Waals surface area contributed by atoms with Crippen LogP contribution in [0.2, 0.25) is 0 Å². The van der Waals surface area contributed by atoms with E-state index >= 15 is 0 Å². The summed E-state index contributed by atoms with van der Waals surface area (Å²) in [5.41, 5.74) is 2.50. The average molecular weight is 405 g/mol. The van der Waals surface area contributed by atoms with Crippen molar-refractivity contribution in [2.45, 2.75) is 97.8 Å². The molecule has 4 heteroatoms. The zero-order chi connectivity index (χ0) is 22.0. The van der Waals surface area contributed by atoms with Gasteiger partial charge < -0.3 is 10.2 Å². The van der Waals surface area contributed by atoms with E-state index in [1.807, 2.05) is 18.2 Å². The van der Waals surface area contributed by atoms with Gasteiger partial charge in [-0.05, 0) is 67.1 Å². The average Bonchev–Trinajstić information content (AvgIpc) is 2.62. The maximum Gasteiger partial charge on any atom is 0.310 e. The first-order valence-electron chi connectivity index (χ1n) is 11.3. The Kier molecular flexibility index (Phi) is 11.0. The molecular weight excluding hydrogens is 364 g/mol. The summed E-state index contributed by atoms with van der Waals surface area (Å²) in [5.74, 6) is -2.19. The summed E-state index contributed by atoms with van der Waals surface area (Å²) >= 11 is 0. The maximum absolute atomic E-state index is 12.3. The third-order valence-electron chi connectivity index (χ3n) is 5.67. The summed E-state index contributed by atoms with van der Waals surface area (Å²) in [5, 5.41) is 20.0. The van der Waals surface area contributed by atoms with Crippen molar-refractivity contribution in [1.29, 1.82) is 0 Å². The van der Waals surface area contributed by atoms with Gasteiger partial charge in [-0.25, -0.2) is 0 Å². The number of carboxylic acids is 2. The van der Waals surface area contributed by atoms with Gasteiger partial charge in [0.15, 0.2) is 0 Å². The van der Waals surface area contributed by atoms with Gasteiger partial charge in [0.05, 0.1) is 11.8 Å². The molecule has 1 aromatic carbocycles. The van der Waals surface area contributed by atoms with E-state index in [4.69, 9.17) is 0 Å². The molecule has 0 amide bonds. The Bertz CT molecular complexity index is 648. The lowest BCUT2D eigenvalue weighted by Crippen LogP contribution is -2.21. The number of aliphatic carboxylic acids is 2. The Morgan fingerprint density at radius 1 is 0.828 bits per heavy atom. The minimum Gasteiger partial charge on any atom is -0.481 e. The molecule has 4 nitrogen and oxygen atoms in total. The highest BCUT2D eigenvalue weighted by Gasteiger charge is 2.31. The number of benzene rings is 1. The Balaban J connectivity index is 3.46. The van der Waals surface area contributed by atoms with Crippen LogP contribution in [0.4, 0.5) is 0 Å². The predicted molar refractivity (Wildman–Crippen MR) is 119 cm³/mol. The molecule has 2 unspecified atom stereocenters. The van der Waals surface area contributed by atoms with Crippen molar-refractivity contribution in [3.8, 4) is 0 Å². The van der Waals surface area contributed by atoms with E-state index in [1.54, 1.807) is 0 Å². The fourth-order valence-corrected chi connectivity index (χ4v) is 3.95. The maximum atomic E-state index is 12.3. The first-order chi connectivity index (χ1) is 13.7. The third-order valence-corrected chi connectivity index (χ3v) is 5.67. The second-order valence-corrected chi connectivity index (χ2v) is 9.10. The molecule has 2 atom stereocenters. The van der Waals surface area contributed by atoms with Crippen molar-refractivity contribution in [3.63, 3.8) is 0 Å². The van der Waals surface area contributed by atoms with Gasteiger partial charge in [-0.3, -0.25) is 9.59 Å². The summed E-state index contributed by atoms with van der Waals surface area (Å²) < 4.78 is 0. The van der Waals surface area contributed by atoms with E-state index < -0.39 is 23.8 Å². The molecule has 0 aliphatic carbocycles. The van der Waals surface area contributed by atoms with E-state index in [2.05, 4.69) is 34.6 Å². The largest absolute Gasteiger partial charge is 0.481 e. The fourth-order valence-electron chi connectivity index (χ4n) is 3.95. The van der Waals surface area contributed by atoms with E-state index in [-0.39, 0.29) is 0 Å². The molecule has 0 aromatic heterocycles. The Hall–Kier alpha value is -1.84. The van der Waals surface area contributed by atoms with Gasteiger partial charge in [0.25, 0.3) is 0 Å². The first-order valence-corrected chi connectivity index (χ1v) is 11.3. The van der Waals surface area contributed by atoms with E-state index in [0.29, 0.717) is 30.2 Å². The molecule has 164 valence electrons. The molecule has 0 heterocycles. The van der Waals surface area contributed by atoms with Crippen LogP contribution in [0, 0.1) is 11.8 Å². The highest BCUT2D eigenvalue weighted by Crippen LogP contribution is 2.36. The highest BCUT2D eigenvalue weighted by molar-refractivity contribution is 5.81. The van der Waals surface area contributed by atoms with Crippen LogP contribution < -0.4 is 0 Å². The lowest BCUT2D eigenvalue weighted by Gasteiger charge is -2.25. The summed E-state index contributed by atoms with van der Waals surface area (Å²) in [4.78, 5) is 24.4. The first kappa shape index (κ1) is 25.2. The topological polar surface area (TPSA) is 74.6 Å². The quantitative estimate of drug-likeness (QED) is 0.341. The van der Waals surface area contributed by atoms with Crippen LogP contribution in [-0.4, -0.2) is 22.2 Å². The molecule has 2 N–H and O–H groups in total.